The molecule has 1 aliphatic rings. The van der Waals surface area contributed by atoms with Gasteiger partial charge in [-0.2, -0.15) is 0 Å². The van der Waals surface area contributed by atoms with Crippen molar-refractivity contribution in [2.24, 2.45) is 4.99 Å². The Hall–Kier alpha value is -3.63. The molecule has 3 nitrogen and oxygen atoms in total. The largest absolute Gasteiger partial charge is 0.289 e. The zero-order valence-corrected chi connectivity index (χ0v) is 23.1. The van der Waals surface area contributed by atoms with E-state index in [4.69, 9.17) is 10.3 Å². The highest BCUT2D eigenvalue weighted by Gasteiger charge is 2.30. The van der Waals surface area contributed by atoms with E-state index in [1.54, 1.807) is 11.3 Å². The fraction of sp³-hybridized carbons (Fsp3) is 0.242. The van der Waals surface area contributed by atoms with Crippen molar-refractivity contribution in [1.82, 2.24) is 5.32 Å². The Labute approximate surface area is 224 Å². The van der Waals surface area contributed by atoms with Crippen LogP contribution in [0.3, 0.4) is 0 Å². The zero-order valence-electron chi connectivity index (χ0n) is 22.3. The molecule has 4 aromatic rings. The van der Waals surface area contributed by atoms with Crippen LogP contribution >= 0.6 is 11.3 Å². The number of rotatable bonds is 4. The molecule has 0 bridgehead atoms. The topological polar surface area (TPSA) is 46.4 Å². The third-order valence-corrected chi connectivity index (χ3v) is 7.56. The highest BCUT2D eigenvalue weighted by atomic mass is 32.1. The van der Waals surface area contributed by atoms with E-state index < -0.39 is 0 Å². The van der Waals surface area contributed by atoms with Gasteiger partial charge in [-0.3, -0.25) is 5.11 Å². The summed E-state index contributed by atoms with van der Waals surface area (Å²) >= 11 is 1.67. The number of benzene rings is 3. The number of nitrogens with zero attached hydrogens (tertiary/aromatic N) is 2. The van der Waals surface area contributed by atoms with Crippen LogP contribution in [0.25, 0.3) is 22.5 Å². The number of aliphatic imine (C=N–C) groups is 1. The van der Waals surface area contributed by atoms with Crippen molar-refractivity contribution in [3.63, 3.8) is 0 Å². The van der Waals surface area contributed by atoms with Crippen LogP contribution in [0.4, 0.5) is 0 Å². The lowest BCUT2D eigenvalue weighted by Gasteiger charge is -2.27. The van der Waals surface area contributed by atoms with Crippen molar-refractivity contribution in [3.8, 4) is 16.9 Å². The quantitative estimate of drug-likeness (QED) is 0.266. The maximum absolute atomic E-state index is 13.5. The molecule has 37 heavy (non-hydrogen) atoms. The van der Waals surface area contributed by atoms with Gasteiger partial charge in [-0.1, -0.05) is 102 Å². The third kappa shape index (κ3) is 4.86. The predicted octanol–water partition coefficient (Wildman–Crippen LogP) is 9.04. The average Bonchev–Trinajstić information content (AvgIpc) is 3.51. The zero-order chi connectivity index (χ0) is 26.4. The molecule has 0 aliphatic carbocycles. The van der Waals surface area contributed by atoms with Gasteiger partial charge < -0.3 is 0 Å². The van der Waals surface area contributed by atoms with Crippen LogP contribution < -0.4 is 5.32 Å². The molecule has 0 unspecified atom stereocenters. The molecule has 0 saturated heterocycles. The fourth-order valence-corrected chi connectivity index (χ4v) is 5.54. The van der Waals surface area contributed by atoms with Crippen LogP contribution in [-0.2, 0) is 15.9 Å². The molecule has 0 atom stereocenters. The number of thiophene rings is 1. The summed E-state index contributed by atoms with van der Waals surface area (Å²) in [6.45, 7) is 12.6. The minimum absolute atomic E-state index is 0.143. The fourth-order valence-electron chi connectivity index (χ4n) is 4.63. The minimum atomic E-state index is -0.265. The molecule has 5 rings (SSSR count). The number of hydrogen-bond donors (Lipinski definition) is 0. The Bertz CT molecular complexity index is 1460. The van der Waals surface area contributed by atoms with Crippen molar-refractivity contribution >= 4 is 28.6 Å². The molecule has 0 amide bonds. The van der Waals surface area contributed by atoms with Gasteiger partial charge in [0.1, 0.15) is 5.70 Å². The molecule has 2 radical (unpaired) electrons. The Morgan fingerprint density at radius 2 is 1.19 bits per heavy atom. The van der Waals surface area contributed by atoms with Gasteiger partial charge in [0.15, 0.2) is 11.6 Å². The van der Waals surface area contributed by atoms with E-state index >= 15 is 0 Å². The summed E-state index contributed by atoms with van der Waals surface area (Å²) in [5, 5.41) is 20.6. The molecule has 2 heterocycles. The van der Waals surface area contributed by atoms with E-state index in [0.29, 0.717) is 0 Å². The second kappa shape index (κ2) is 9.35. The monoisotopic (exact) mass is 504 g/mol. The Balaban J connectivity index is 1.72. The first-order valence-electron chi connectivity index (χ1n) is 12.6. The first-order chi connectivity index (χ1) is 17.5. The van der Waals surface area contributed by atoms with Gasteiger partial charge in [-0.05, 0) is 40.0 Å². The van der Waals surface area contributed by atoms with E-state index in [2.05, 4.69) is 77.3 Å². The summed E-state index contributed by atoms with van der Waals surface area (Å²) < 4.78 is 0. The molecule has 0 N–H and O–H groups in total. The Kier molecular flexibility index (Phi) is 6.33. The lowest BCUT2D eigenvalue weighted by atomic mass is 9.77. The van der Waals surface area contributed by atoms with Crippen LogP contribution in [-0.4, -0.2) is 5.84 Å². The van der Waals surface area contributed by atoms with Crippen LogP contribution in [0.5, 0.6) is 5.75 Å². The van der Waals surface area contributed by atoms with Gasteiger partial charge in [0.05, 0.1) is 10.6 Å². The van der Waals surface area contributed by atoms with E-state index in [0.717, 1.165) is 55.5 Å². The van der Waals surface area contributed by atoms with Crippen molar-refractivity contribution in [3.05, 3.63) is 111 Å². The van der Waals surface area contributed by atoms with E-state index in [1.165, 1.54) is 0 Å². The molecule has 4 heteroatoms. The molecule has 1 aromatic heterocycles. The first-order valence-corrected chi connectivity index (χ1v) is 13.5. The van der Waals surface area contributed by atoms with Gasteiger partial charge in [0, 0.05) is 27.8 Å². The van der Waals surface area contributed by atoms with Gasteiger partial charge in [-0.25, -0.2) is 10.3 Å². The average molecular weight is 505 g/mol. The summed E-state index contributed by atoms with van der Waals surface area (Å²) in [6.07, 6.45) is 0. The molecule has 186 valence electrons. The third-order valence-electron chi connectivity index (χ3n) is 6.64. The second-order valence-electron chi connectivity index (χ2n) is 11.5. The van der Waals surface area contributed by atoms with Crippen molar-refractivity contribution < 1.29 is 5.11 Å². The molecular weight excluding hydrogens is 472 g/mol. The lowest BCUT2D eigenvalue weighted by Crippen LogP contribution is -2.17. The molecule has 3 aromatic carbocycles. The molecule has 1 aliphatic heterocycles. The van der Waals surface area contributed by atoms with Gasteiger partial charge in [0.25, 0.3) is 0 Å². The standard InChI is InChI=1S/C33H32N2OS/c1-32(2,3)25-19-23(20-26(29(25)36)33(4,5)6)24-17-18-37-30(24)28-27(21-13-9-7-10-14-21)34-31(35-28)22-15-11-8-12-16-22/h7-20H,1-6H3. The Morgan fingerprint density at radius 3 is 1.73 bits per heavy atom. The lowest BCUT2D eigenvalue weighted by molar-refractivity contribution is 0.327. The van der Waals surface area contributed by atoms with E-state index in [-0.39, 0.29) is 16.6 Å². The summed E-state index contributed by atoms with van der Waals surface area (Å²) in [4.78, 5) is 6.14. The maximum Gasteiger partial charge on any atom is 0.186 e. The van der Waals surface area contributed by atoms with Crippen LogP contribution in [0.15, 0.2) is 89.2 Å². The van der Waals surface area contributed by atoms with Crippen LogP contribution in [0.1, 0.15) is 68.7 Å². The minimum Gasteiger partial charge on any atom is -0.289 e. The van der Waals surface area contributed by atoms with E-state index in [1.807, 2.05) is 48.5 Å². The molecule has 0 saturated carbocycles. The van der Waals surface area contributed by atoms with Crippen LogP contribution in [0.2, 0.25) is 0 Å². The Morgan fingerprint density at radius 1 is 0.649 bits per heavy atom. The highest BCUT2D eigenvalue weighted by Crippen LogP contribution is 2.46. The smallest absolute Gasteiger partial charge is 0.186 e. The number of hydrogen-bond acceptors (Lipinski definition) is 2. The predicted molar refractivity (Wildman–Crippen MR) is 156 cm³/mol. The molecular formula is C33H32N2OS. The van der Waals surface area contributed by atoms with Gasteiger partial charge in [-0.15, -0.1) is 11.3 Å². The second-order valence-corrected chi connectivity index (χ2v) is 12.5. The summed E-state index contributed by atoms with van der Waals surface area (Å²) in [7, 11) is 0. The van der Waals surface area contributed by atoms with Crippen molar-refractivity contribution in [2.75, 3.05) is 0 Å². The SMILES string of the molecule is CC(C)(C)c1cc(-c2ccsc2C2=C(c3ccccc3)[N]C(c3ccccc3)=N2)cc(C(C)(C)C)c1[O]. The normalized spacial score (nSPS) is 14.1. The molecule has 0 fully saturated rings. The number of amidine groups is 1. The summed E-state index contributed by atoms with van der Waals surface area (Å²) in [5.41, 5.74) is 7.05. The highest BCUT2D eigenvalue weighted by molar-refractivity contribution is 7.11. The maximum atomic E-state index is 13.5. The molecule has 0 spiro atoms. The van der Waals surface area contributed by atoms with Crippen molar-refractivity contribution in [1.29, 1.82) is 0 Å². The van der Waals surface area contributed by atoms with E-state index in [9.17, 15) is 5.11 Å². The van der Waals surface area contributed by atoms with Crippen LogP contribution in [0, 0.1) is 0 Å². The summed E-state index contributed by atoms with van der Waals surface area (Å²) in [6, 6.07) is 26.7. The van der Waals surface area contributed by atoms with Gasteiger partial charge in [0.2, 0.25) is 0 Å². The summed E-state index contributed by atoms with van der Waals surface area (Å²) in [5.74, 6) is 0.861. The first kappa shape index (κ1) is 25.0. The van der Waals surface area contributed by atoms with Gasteiger partial charge >= 0.3 is 0 Å². The van der Waals surface area contributed by atoms with Crippen molar-refractivity contribution in [2.45, 2.75) is 52.4 Å².